The molecule has 0 amide bonds. The van der Waals surface area contributed by atoms with E-state index in [1.807, 2.05) is 18.4 Å². The zero-order chi connectivity index (χ0) is 12.6. The Kier molecular flexibility index (Phi) is 3.55. The molecule has 92 valence electrons. The fourth-order valence-corrected chi connectivity index (χ4v) is 3.41. The van der Waals surface area contributed by atoms with Gasteiger partial charge in [0.25, 0.3) is 0 Å². The van der Waals surface area contributed by atoms with Gasteiger partial charge < -0.3 is 5.32 Å². The average molecular weight is 247 g/mol. The minimum Gasteiger partial charge on any atom is -0.313 e. The molecule has 0 radical (unpaired) electrons. The van der Waals surface area contributed by atoms with Crippen LogP contribution in [-0.2, 0) is 0 Å². The summed E-state index contributed by atoms with van der Waals surface area (Å²) in [6, 6.07) is 7.33. The molecule has 0 bridgehead atoms. The molecule has 1 aromatic heterocycles. The van der Waals surface area contributed by atoms with Crippen LogP contribution in [0.4, 0.5) is 0 Å². The monoisotopic (exact) mass is 247 g/mol. The molecule has 0 aliphatic rings. The number of rotatable bonds is 3. The van der Waals surface area contributed by atoms with Crippen LogP contribution in [-0.4, -0.2) is 7.05 Å². The minimum atomic E-state index is 0.440. The van der Waals surface area contributed by atoms with E-state index in [9.17, 15) is 0 Å². The van der Waals surface area contributed by atoms with Crippen molar-refractivity contribution in [2.24, 2.45) is 0 Å². The number of hydrogen-bond donors (Lipinski definition) is 1. The molecule has 1 N–H and O–H groups in total. The summed E-state index contributed by atoms with van der Waals surface area (Å²) >= 11 is 1.91. The van der Waals surface area contributed by atoms with E-state index in [2.05, 4.69) is 51.2 Å². The molecule has 0 saturated carbocycles. The molecule has 2 aromatic rings. The number of thiophene rings is 1. The van der Waals surface area contributed by atoms with Crippen molar-refractivity contribution in [3.05, 3.63) is 34.2 Å². The van der Waals surface area contributed by atoms with E-state index in [0.717, 1.165) is 0 Å². The van der Waals surface area contributed by atoms with Gasteiger partial charge in [-0.15, -0.1) is 11.3 Å². The number of fused-ring (bicyclic) bond motifs is 1. The van der Waals surface area contributed by atoms with Gasteiger partial charge >= 0.3 is 0 Å². The molecule has 2 rings (SSSR count). The van der Waals surface area contributed by atoms with Crippen molar-refractivity contribution in [1.82, 2.24) is 5.32 Å². The molecule has 17 heavy (non-hydrogen) atoms. The molecule has 0 aliphatic carbocycles. The highest BCUT2D eigenvalue weighted by atomic mass is 32.1. The molecule has 1 unspecified atom stereocenters. The topological polar surface area (TPSA) is 12.0 Å². The Hall–Kier alpha value is -0.860. The summed E-state index contributed by atoms with van der Waals surface area (Å²) in [6.07, 6.45) is 0. The first-order valence-electron chi connectivity index (χ1n) is 6.24. The molecule has 1 aromatic carbocycles. The SMILES string of the molecule is CNC(C)c1sc2ccc(C(C)C)cc2c1C. The van der Waals surface area contributed by atoms with E-state index < -0.39 is 0 Å². The van der Waals surface area contributed by atoms with Crippen molar-refractivity contribution >= 4 is 21.4 Å². The van der Waals surface area contributed by atoms with Crippen molar-refractivity contribution < 1.29 is 0 Å². The van der Waals surface area contributed by atoms with Gasteiger partial charge in [-0.1, -0.05) is 19.9 Å². The second kappa shape index (κ2) is 4.79. The normalized spacial score (nSPS) is 13.5. The molecule has 1 nitrogen and oxygen atoms in total. The third-order valence-corrected chi connectivity index (χ3v) is 4.95. The quantitative estimate of drug-likeness (QED) is 0.835. The van der Waals surface area contributed by atoms with E-state index in [1.54, 1.807) is 0 Å². The number of aryl methyl sites for hydroxylation is 1. The molecule has 2 heteroatoms. The van der Waals surface area contributed by atoms with Crippen molar-refractivity contribution in [1.29, 1.82) is 0 Å². The van der Waals surface area contributed by atoms with Gasteiger partial charge in [-0.25, -0.2) is 0 Å². The van der Waals surface area contributed by atoms with Crippen molar-refractivity contribution in [2.75, 3.05) is 7.05 Å². The van der Waals surface area contributed by atoms with Gasteiger partial charge in [-0.05, 0) is 55.5 Å². The lowest BCUT2D eigenvalue weighted by Crippen LogP contribution is -2.11. The van der Waals surface area contributed by atoms with Gasteiger partial charge in [0.15, 0.2) is 0 Å². The third-order valence-electron chi connectivity index (χ3n) is 3.49. The maximum atomic E-state index is 3.33. The number of nitrogens with one attached hydrogen (secondary N) is 1. The van der Waals surface area contributed by atoms with Crippen LogP contribution in [0.25, 0.3) is 10.1 Å². The highest BCUT2D eigenvalue weighted by Gasteiger charge is 2.13. The van der Waals surface area contributed by atoms with Crippen LogP contribution in [0.3, 0.4) is 0 Å². The summed E-state index contributed by atoms with van der Waals surface area (Å²) in [5.74, 6) is 0.601. The minimum absolute atomic E-state index is 0.440. The second-order valence-electron chi connectivity index (χ2n) is 5.01. The molecule has 0 saturated heterocycles. The standard InChI is InChI=1S/C15H21NS/c1-9(2)12-6-7-14-13(8-12)10(3)15(17-14)11(4)16-5/h6-9,11,16H,1-5H3. The smallest absolute Gasteiger partial charge is 0.0386 e. The van der Waals surface area contributed by atoms with Crippen LogP contribution < -0.4 is 5.32 Å². The number of benzene rings is 1. The molecule has 0 spiro atoms. The van der Waals surface area contributed by atoms with E-state index in [0.29, 0.717) is 12.0 Å². The van der Waals surface area contributed by atoms with Gasteiger partial charge in [0, 0.05) is 15.6 Å². The maximum absolute atomic E-state index is 3.33. The summed E-state index contributed by atoms with van der Waals surface area (Å²) in [4.78, 5) is 1.46. The zero-order valence-corrected chi connectivity index (χ0v) is 12.1. The first kappa shape index (κ1) is 12.6. The summed E-state index contributed by atoms with van der Waals surface area (Å²) < 4.78 is 1.41. The predicted molar refractivity (Wildman–Crippen MR) is 78.1 cm³/mol. The van der Waals surface area contributed by atoms with E-state index in [1.165, 1.54) is 26.1 Å². The fourth-order valence-electron chi connectivity index (χ4n) is 2.16. The van der Waals surface area contributed by atoms with Gasteiger partial charge in [0.1, 0.15) is 0 Å². The van der Waals surface area contributed by atoms with E-state index >= 15 is 0 Å². The Labute approximate surface area is 108 Å². The lowest BCUT2D eigenvalue weighted by molar-refractivity contribution is 0.661. The Morgan fingerprint density at radius 3 is 2.47 bits per heavy atom. The molecule has 1 heterocycles. The van der Waals surface area contributed by atoms with Crippen LogP contribution in [0.1, 0.15) is 48.7 Å². The van der Waals surface area contributed by atoms with Crippen molar-refractivity contribution in [3.8, 4) is 0 Å². The summed E-state index contributed by atoms with van der Waals surface area (Å²) in [5.41, 5.74) is 2.87. The second-order valence-corrected chi connectivity index (χ2v) is 6.10. The largest absolute Gasteiger partial charge is 0.313 e. The third kappa shape index (κ3) is 2.24. The van der Waals surface area contributed by atoms with Gasteiger partial charge in [0.05, 0.1) is 0 Å². The summed E-state index contributed by atoms with van der Waals surface area (Å²) in [6.45, 7) is 8.97. The molecule has 0 aliphatic heterocycles. The fraction of sp³-hybridized carbons (Fsp3) is 0.467. The Balaban J connectivity index is 2.58. The summed E-state index contributed by atoms with van der Waals surface area (Å²) in [7, 11) is 2.02. The highest BCUT2D eigenvalue weighted by Crippen LogP contribution is 2.36. The van der Waals surface area contributed by atoms with Crippen LogP contribution >= 0.6 is 11.3 Å². The predicted octanol–water partition coefficient (Wildman–Crippen LogP) is 4.61. The molecule has 0 fully saturated rings. The lowest BCUT2D eigenvalue weighted by atomic mass is 10.00. The van der Waals surface area contributed by atoms with Crippen LogP contribution in [0.2, 0.25) is 0 Å². The first-order valence-corrected chi connectivity index (χ1v) is 7.06. The van der Waals surface area contributed by atoms with E-state index in [4.69, 9.17) is 0 Å². The maximum Gasteiger partial charge on any atom is 0.0386 e. The van der Waals surface area contributed by atoms with Gasteiger partial charge in [-0.2, -0.15) is 0 Å². The first-order chi connectivity index (χ1) is 8.04. The Bertz CT molecular complexity index is 525. The molecule has 1 atom stereocenters. The van der Waals surface area contributed by atoms with E-state index in [-0.39, 0.29) is 0 Å². The zero-order valence-electron chi connectivity index (χ0n) is 11.3. The van der Waals surface area contributed by atoms with Crippen molar-refractivity contribution in [3.63, 3.8) is 0 Å². The number of hydrogen-bond acceptors (Lipinski definition) is 2. The Morgan fingerprint density at radius 2 is 1.88 bits per heavy atom. The van der Waals surface area contributed by atoms with Gasteiger partial charge in [0.2, 0.25) is 0 Å². The average Bonchev–Trinajstić information content (AvgIpc) is 2.65. The Morgan fingerprint density at radius 1 is 1.18 bits per heavy atom. The van der Waals surface area contributed by atoms with Gasteiger partial charge in [-0.3, -0.25) is 0 Å². The van der Waals surface area contributed by atoms with Crippen LogP contribution in [0.15, 0.2) is 18.2 Å². The lowest BCUT2D eigenvalue weighted by Gasteiger charge is -2.08. The molecular formula is C15H21NS. The van der Waals surface area contributed by atoms with Crippen molar-refractivity contribution in [2.45, 2.75) is 39.7 Å². The van der Waals surface area contributed by atoms with Crippen LogP contribution in [0.5, 0.6) is 0 Å². The summed E-state index contributed by atoms with van der Waals surface area (Å²) in [5, 5.41) is 4.76. The van der Waals surface area contributed by atoms with Crippen LogP contribution in [0, 0.1) is 6.92 Å². The molecular weight excluding hydrogens is 226 g/mol. The highest BCUT2D eigenvalue weighted by molar-refractivity contribution is 7.19.